The number of aromatic hydroxyl groups is 1. The van der Waals surface area contributed by atoms with Gasteiger partial charge in [0.2, 0.25) is 0 Å². The van der Waals surface area contributed by atoms with Gasteiger partial charge in [0.05, 0.1) is 0 Å². The minimum absolute atomic E-state index is 0.0752. The number of aryl methyl sites for hydroxylation is 1. The van der Waals surface area contributed by atoms with Crippen molar-refractivity contribution in [2.75, 3.05) is 0 Å². The van der Waals surface area contributed by atoms with Crippen molar-refractivity contribution >= 4 is 0 Å². The highest BCUT2D eigenvalue weighted by Crippen LogP contribution is 2.35. The van der Waals surface area contributed by atoms with Gasteiger partial charge in [-0.2, -0.15) is 0 Å². The zero-order valence-corrected chi connectivity index (χ0v) is 15.6. The maximum absolute atomic E-state index is 10.1. The minimum Gasteiger partial charge on any atom is -0.508 e. The Balaban J connectivity index is 2.61. The zero-order chi connectivity index (χ0) is 17.4. The minimum atomic E-state index is 0.0752. The fourth-order valence-corrected chi connectivity index (χ4v) is 3.00. The van der Waals surface area contributed by atoms with Crippen LogP contribution >= 0.6 is 0 Å². The molecule has 0 spiro atoms. The maximum atomic E-state index is 10.1. The third-order valence-corrected chi connectivity index (χ3v) is 4.51. The number of hydrogen-bond donors (Lipinski definition) is 1. The molecule has 0 aliphatic rings. The van der Waals surface area contributed by atoms with Gasteiger partial charge in [-0.05, 0) is 51.6 Å². The summed E-state index contributed by atoms with van der Waals surface area (Å²) in [5.74, 6) is 0.381. The average Bonchev–Trinajstić information content (AvgIpc) is 2.40. The van der Waals surface area contributed by atoms with E-state index in [-0.39, 0.29) is 10.8 Å². The van der Waals surface area contributed by atoms with Crippen LogP contribution in [0.15, 0.2) is 36.4 Å². The Morgan fingerprint density at radius 3 is 2.00 bits per heavy atom. The topological polar surface area (TPSA) is 20.2 Å². The summed E-state index contributed by atoms with van der Waals surface area (Å²) >= 11 is 0. The average molecular weight is 310 g/mol. The molecule has 124 valence electrons. The molecule has 1 N–H and O–H groups in total. The summed E-state index contributed by atoms with van der Waals surface area (Å²) < 4.78 is 0. The largest absolute Gasteiger partial charge is 0.508 e. The van der Waals surface area contributed by atoms with E-state index >= 15 is 0 Å². The van der Waals surface area contributed by atoms with Crippen molar-refractivity contribution in [2.24, 2.45) is 0 Å². The first-order valence-electron chi connectivity index (χ1n) is 8.41. The fraction of sp³-hybridized carbons (Fsp3) is 0.455. The van der Waals surface area contributed by atoms with E-state index in [1.54, 1.807) is 6.07 Å². The number of phenolic OH excluding ortho intramolecular Hbond substituents is 1. The van der Waals surface area contributed by atoms with Crippen LogP contribution in [0.3, 0.4) is 0 Å². The second-order valence-electron chi connectivity index (χ2n) is 8.62. The highest BCUT2D eigenvalue weighted by Gasteiger charge is 2.24. The molecule has 0 bridgehead atoms. The number of para-hydroxylation sites is 1. The molecule has 0 aliphatic carbocycles. The van der Waals surface area contributed by atoms with Crippen LogP contribution in [0.25, 0.3) is 0 Å². The lowest BCUT2D eigenvalue weighted by atomic mass is 9.76. The van der Waals surface area contributed by atoms with E-state index in [2.05, 4.69) is 60.6 Å². The SMILES string of the molecule is Cc1cc(C(C)(C)C)cc(C(C)(C)C)c1Cc1ccccc1O. The second kappa shape index (κ2) is 6.03. The summed E-state index contributed by atoms with van der Waals surface area (Å²) in [6.07, 6.45) is 0.773. The van der Waals surface area contributed by atoms with Crippen molar-refractivity contribution in [3.8, 4) is 5.75 Å². The third-order valence-electron chi connectivity index (χ3n) is 4.51. The van der Waals surface area contributed by atoms with Crippen molar-refractivity contribution in [1.82, 2.24) is 0 Å². The van der Waals surface area contributed by atoms with Gasteiger partial charge >= 0.3 is 0 Å². The van der Waals surface area contributed by atoms with E-state index in [0.717, 1.165) is 12.0 Å². The molecule has 0 aliphatic heterocycles. The number of phenols is 1. The summed E-state index contributed by atoms with van der Waals surface area (Å²) in [4.78, 5) is 0. The van der Waals surface area contributed by atoms with E-state index in [1.807, 2.05) is 18.2 Å². The molecule has 2 rings (SSSR count). The molecule has 1 heteroatoms. The van der Waals surface area contributed by atoms with Gasteiger partial charge < -0.3 is 5.11 Å². The Labute approximate surface area is 141 Å². The van der Waals surface area contributed by atoms with Gasteiger partial charge in [-0.1, -0.05) is 71.9 Å². The van der Waals surface area contributed by atoms with Gasteiger partial charge in [-0.15, -0.1) is 0 Å². The van der Waals surface area contributed by atoms with E-state index < -0.39 is 0 Å². The van der Waals surface area contributed by atoms with Gasteiger partial charge in [0, 0.05) is 6.42 Å². The quantitative estimate of drug-likeness (QED) is 0.733. The lowest BCUT2D eigenvalue weighted by Crippen LogP contribution is -2.19. The molecule has 0 saturated heterocycles. The Morgan fingerprint density at radius 2 is 1.48 bits per heavy atom. The Hall–Kier alpha value is -1.76. The molecule has 23 heavy (non-hydrogen) atoms. The number of rotatable bonds is 2. The molecule has 1 nitrogen and oxygen atoms in total. The van der Waals surface area contributed by atoms with Gasteiger partial charge in [-0.25, -0.2) is 0 Å². The van der Waals surface area contributed by atoms with Crippen molar-refractivity contribution in [2.45, 2.75) is 65.7 Å². The predicted octanol–water partition coefficient (Wildman–Crippen LogP) is 5.89. The summed E-state index contributed by atoms with van der Waals surface area (Å²) in [6, 6.07) is 12.3. The molecule has 0 heterocycles. The molecule has 2 aromatic rings. The monoisotopic (exact) mass is 310 g/mol. The van der Waals surface area contributed by atoms with Crippen LogP contribution in [0.5, 0.6) is 5.75 Å². The molecule has 0 aromatic heterocycles. The van der Waals surface area contributed by atoms with Crippen molar-refractivity contribution in [3.63, 3.8) is 0 Å². The summed E-state index contributed by atoms with van der Waals surface area (Å²) in [7, 11) is 0. The lowest BCUT2D eigenvalue weighted by molar-refractivity contribution is 0.469. The molecule has 0 atom stereocenters. The van der Waals surface area contributed by atoms with Crippen LogP contribution in [0.2, 0.25) is 0 Å². The standard InChI is InChI=1S/C22H30O/c1-15-12-17(21(2,3)4)14-19(22(5,6)7)18(15)13-16-10-8-9-11-20(16)23/h8-12,14,23H,13H2,1-7H3. The van der Waals surface area contributed by atoms with Crippen molar-refractivity contribution in [1.29, 1.82) is 0 Å². The normalized spacial score (nSPS) is 12.5. The Bertz CT molecular complexity index is 697. The Kier molecular flexibility index (Phi) is 4.61. The number of benzene rings is 2. The van der Waals surface area contributed by atoms with Crippen LogP contribution in [0.4, 0.5) is 0 Å². The molecule has 0 amide bonds. The summed E-state index contributed by atoms with van der Waals surface area (Å²) in [5.41, 5.74) is 6.61. The van der Waals surface area contributed by atoms with E-state index in [0.29, 0.717) is 5.75 Å². The van der Waals surface area contributed by atoms with Gasteiger partial charge in [0.1, 0.15) is 5.75 Å². The predicted molar refractivity (Wildman–Crippen MR) is 99.5 cm³/mol. The highest BCUT2D eigenvalue weighted by molar-refractivity contribution is 5.48. The first-order valence-corrected chi connectivity index (χ1v) is 8.41. The summed E-state index contributed by atoms with van der Waals surface area (Å²) in [5, 5.41) is 10.1. The van der Waals surface area contributed by atoms with Gasteiger partial charge in [0.15, 0.2) is 0 Å². The highest BCUT2D eigenvalue weighted by atomic mass is 16.3. The Morgan fingerprint density at radius 1 is 0.870 bits per heavy atom. The molecule has 0 fully saturated rings. The van der Waals surface area contributed by atoms with Gasteiger partial charge in [-0.3, -0.25) is 0 Å². The van der Waals surface area contributed by atoms with E-state index in [1.165, 1.54) is 22.3 Å². The molecular formula is C22H30O. The van der Waals surface area contributed by atoms with Crippen LogP contribution in [0, 0.1) is 6.92 Å². The molecule has 0 radical (unpaired) electrons. The second-order valence-corrected chi connectivity index (χ2v) is 8.62. The molecule has 2 aromatic carbocycles. The smallest absolute Gasteiger partial charge is 0.119 e. The van der Waals surface area contributed by atoms with Gasteiger partial charge in [0.25, 0.3) is 0 Å². The fourth-order valence-electron chi connectivity index (χ4n) is 3.00. The maximum Gasteiger partial charge on any atom is 0.119 e. The van der Waals surface area contributed by atoms with Crippen LogP contribution in [0.1, 0.15) is 69.4 Å². The van der Waals surface area contributed by atoms with E-state index in [9.17, 15) is 5.11 Å². The lowest BCUT2D eigenvalue weighted by Gasteiger charge is -2.29. The number of hydrogen-bond acceptors (Lipinski definition) is 1. The van der Waals surface area contributed by atoms with Crippen molar-refractivity contribution in [3.05, 3.63) is 64.2 Å². The summed E-state index contributed by atoms with van der Waals surface area (Å²) in [6.45, 7) is 15.8. The molecular weight excluding hydrogens is 280 g/mol. The zero-order valence-electron chi connectivity index (χ0n) is 15.6. The molecule has 0 unspecified atom stereocenters. The van der Waals surface area contributed by atoms with Crippen LogP contribution in [-0.4, -0.2) is 5.11 Å². The van der Waals surface area contributed by atoms with E-state index in [4.69, 9.17) is 0 Å². The first kappa shape index (κ1) is 17.6. The first-order chi connectivity index (χ1) is 10.5. The van der Waals surface area contributed by atoms with Crippen molar-refractivity contribution < 1.29 is 5.11 Å². The molecule has 0 saturated carbocycles. The van der Waals surface area contributed by atoms with Crippen LogP contribution in [-0.2, 0) is 17.3 Å². The van der Waals surface area contributed by atoms with Crippen LogP contribution < -0.4 is 0 Å². The third kappa shape index (κ3) is 3.96.